The topological polar surface area (TPSA) is 15.3 Å². The predicted molar refractivity (Wildman–Crippen MR) is 85.5 cm³/mol. The van der Waals surface area contributed by atoms with Crippen LogP contribution in [0.2, 0.25) is 5.02 Å². The monoisotopic (exact) mass is 286 g/mol. The van der Waals surface area contributed by atoms with E-state index in [1.54, 1.807) is 0 Å². The molecule has 1 aliphatic rings. The second kappa shape index (κ2) is 5.86. The fourth-order valence-electron chi connectivity index (χ4n) is 2.87. The van der Waals surface area contributed by atoms with Crippen molar-refractivity contribution in [3.63, 3.8) is 0 Å². The lowest BCUT2D eigenvalue weighted by Gasteiger charge is -2.36. The number of rotatable bonds is 3. The Morgan fingerprint density at radius 2 is 2.00 bits per heavy atom. The number of anilines is 1. The second-order valence-corrected chi connectivity index (χ2v) is 5.77. The summed E-state index contributed by atoms with van der Waals surface area (Å²) in [5, 5.41) is 4.21. The minimum absolute atomic E-state index is 0.477. The highest BCUT2D eigenvalue weighted by Gasteiger charge is 2.23. The molecule has 0 saturated carbocycles. The highest BCUT2D eigenvalue weighted by molar-refractivity contribution is 6.30. The number of hydrogen-bond acceptors (Lipinski definition) is 2. The van der Waals surface area contributed by atoms with Crippen LogP contribution in [0, 0.1) is 0 Å². The lowest BCUT2D eigenvalue weighted by atomic mass is 9.97. The van der Waals surface area contributed by atoms with Crippen LogP contribution in [0.3, 0.4) is 0 Å². The van der Waals surface area contributed by atoms with Crippen LogP contribution in [-0.4, -0.2) is 19.6 Å². The van der Waals surface area contributed by atoms with Gasteiger partial charge in [0.05, 0.1) is 0 Å². The van der Waals surface area contributed by atoms with Crippen molar-refractivity contribution in [3.05, 3.63) is 64.7 Å². The van der Waals surface area contributed by atoms with E-state index >= 15 is 0 Å². The van der Waals surface area contributed by atoms with E-state index in [0.29, 0.717) is 6.04 Å². The van der Waals surface area contributed by atoms with Crippen LogP contribution >= 0.6 is 11.6 Å². The molecule has 0 saturated heterocycles. The van der Waals surface area contributed by atoms with Gasteiger partial charge in [-0.15, -0.1) is 0 Å². The Bertz CT molecular complexity index is 583. The van der Waals surface area contributed by atoms with Gasteiger partial charge in [-0.3, -0.25) is 0 Å². The van der Waals surface area contributed by atoms with Gasteiger partial charge in [0.1, 0.15) is 0 Å². The van der Waals surface area contributed by atoms with Crippen molar-refractivity contribution in [2.75, 3.05) is 18.5 Å². The van der Waals surface area contributed by atoms with Crippen LogP contribution in [0.15, 0.2) is 48.5 Å². The Morgan fingerprint density at radius 3 is 2.75 bits per heavy atom. The Kier molecular flexibility index (Phi) is 3.95. The first-order chi connectivity index (χ1) is 9.76. The summed E-state index contributed by atoms with van der Waals surface area (Å²) in [7, 11) is 2.03. The van der Waals surface area contributed by atoms with Crippen LogP contribution < -0.4 is 10.2 Å². The van der Waals surface area contributed by atoms with Crippen LogP contribution in [-0.2, 0) is 13.0 Å². The van der Waals surface area contributed by atoms with Crippen molar-refractivity contribution in [1.29, 1.82) is 0 Å². The van der Waals surface area contributed by atoms with Gasteiger partial charge in [-0.2, -0.15) is 0 Å². The first-order valence-electron chi connectivity index (χ1n) is 7.01. The lowest BCUT2D eigenvalue weighted by Crippen LogP contribution is -2.44. The zero-order valence-electron chi connectivity index (χ0n) is 11.6. The van der Waals surface area contributed by atoms with Crippen LogP contribution in [0.5, 0.6) is 0 Å². The van der Waals surface area contributed by atoms with Crippen molar-refractivity contribution < 1.29 is 0 Å². The number of nitrogens with one attached hydrogen (secondary N) is 1. The standard InChI is InChI=1S/C17H19ClN2/c1-19-16-10-14-9-15(18)7-8-17(14)20(12-16)11-13-5-3-2-4-6-13/h2-9,16,19H,10-12H2,1H3. The average molecular weight is 287 g/mol. The Hall–Kier alpha value is -1.51. The predicted octanol–water partition coefficient (Wildman–Crippen LogP) is 3.49. The molecule has 0 radical (unpaired) electrons. The minimum atomic E-state index is 0.477. The molecule has 2 nitrogen and oxygen atoms in total. The molecule has 0 bridgehead atoms. The summed E-state index contributed by atoms with van der Waals surface area (Å²) < 4.78 is 0. The molecule has 3 rings (SSSR count). The third-order valence-corrected chi connectivity index (χ3v) is 4.15. The number of nitrogens with zero attached hydrogens (tertiary/aromatic N) is 1. The van der Waals surface area contributed by atoms with Gasteiger partial charge in [-0.05, 0) is 42.8 Å². The van der Waals surface area contributed by atoms with E-state index in [1.165, 1.54) is 16.8 Å². The van der Waals surface area contributed by atoms with Gasteiger partial charge in [0.2, 0.25) is 0 Å². The minimum Gasteiger partial charge on any atom is -0.365 e. The van der Waals surface area contributed by atoms with Gasteiger partial charge in [0.25, 0.3) is 0 Å². The fraction of sp³-hybridized carbons (Fsp3) is 0.294. The Labute approximate surface area is 125 Å². The molecule has 2 aromatic carbocycles. The summed E-state index contributed by atoms with van der Waals surface area (Å²) in [4.78, 5) is 2.44. The number of fused-ring (bicyclic) bond motifs is 1. The first kappa shape index (κ1) is 13.5. The van der Waals surface area contributed by atoms with E-state index in [1.807, 2.05) is 13.1 Å². The molecule has 20 heavy (non-hydrogen) atoms. The molecule has 0 spiro atoms. The van der Waals surface area contributed by atoms with Gasteiger partial charge in [-0.25, -0.2) is 0 Å². The zero-order chi connectivity index (χ0) is 13.9. The molecule has 1 N–H and O–H groups in total. The van der Waals surface area contributed by atoms with Crippen LogP contribution in [0.1, 0.15) is 11.1 Å². The van der Waals surface area contributed by atoms with E-state index in [4.69, 9.17) is 11.6 Å². The van der Waals surface area contributed by atoms with E-state index in [9.17, 15) is 0 Å². The summed E-state index contributed by atoms with van der Waals surface area (Å²) in [5.41, 5.74) is 3.98. The summed E-state index contributed by atoms with van der Waals surface area (Å²) in [6.45, 7) is 1.97. The van der Waals surface area contributed by atoms with Crippen LogP contribution in [0.4, 0.5) is 5.69 Å². The molecule has 104 valence electrons. The molecule has 1 aliphatic heterocycles. The number of halogens is 1. The van der Waals surface area contributed by atoms with Gasteiger partial charge >= 0.3 is 0 Å². The third-order valence-electron chi connectivity index (χ3n) is 3.91. The Balaban J connectivity index is 1.90. The maximum atomic E-state index is 6.14. The van der Waals surface area contributed by atoms with Crippen molar-refractivity contribution in [1.82, 2.24) is 5.32 Å². The highest BCUT2D eigenvalue weighted by Crippen LogP contribution is 2.30. The first-order valence-corrected chi connectivity index (χ1v) is 7.38. The molecule has 0 aliphatic carbocycles. The van der Waals surface area contributed by atoms with E-state index in [2.05, 4.69) is 52.7 Å². The van der Waals surface area contributed by atoms with Crippen LogP contribution in [0.25, 0.3) is 0 Å². The largest absolute Gasteiger partial charge is 0.365 e. The van der Waals surface area contributed by atoms with Crippen molar-refractivity contribution in [2.24, 2.45) is 0 Å². The number of hydrogen-bond donors (Lipinski definition) is 1. The fourth-order valence-corrected chi connectivity index (χ4v) is 3.06. The second-order valence-electron chi connectivity index (χ2n) is 5.33. The molecule has 0 fully saturated rings. The molecule has 0 aromatic heterocycles. The molecule has 1 heterocycles. The third kappa shape index (κ3) is 2.82. The maximum absolute atomic E-state index is 6.14. The van der Waals surface area contributed by atoms with E-state index in [0.717, 1.165) is 24.5 Å². The van der Waals surface area contributed by atoms with Crippen molar-refractivity contribution in [2.45, 2.75) is 19.0 Å². The highest BCUT2D eigenvalue weighted by atomic mass is 35.5. The zero-order valence-corrected chi connectivity index (χ0v) is 12.4. The number of likely N-dealkylation sites (N-methyl/N-ethyl adjacent to an activating group) is 1. The van der Waals surface area contributed by atoms with Crippen molar-refractivity contribution in [3.8, 4) is 0 Å². The molecule has 2 aromatic rings. The lowest BCUT2D eigenvalue weighted by molar-refractivity contribution is 0.521. The summed E-state index contributed by atoms with van der Waals surface area (Å²) in [5.74, 6) is 0. The maximum Gasteiger partial charge on any atom is 0.0430 e. The normalized spacial score (nSPS) is 17.9. The van der Waals surface area contributed by atoms with Gasteiger partial charge in [0, 0.05) is 29.8 Å². The molecule has 1 unspecified atom stereocenters. The average Bonchev–Trinajstić information content (AvgIpc) is 2.47. The molecular weight excluding hydrogens is 268 g/mol. The van der Waals surface area contributed by atoms with Gasteiger partial charge in [-0.1, -0.05) is 41.9 Å². The van der Waals surface area contributed by atoms with Crippen molar-refractivity contribution >= 4 is 17.3 Å². The molecule has 0 amide bonds. The molecule has 1 atom stereocenters. The quantitative estimate of drug-likeness (QED) is 0.929. The smallest absolute Gasteiger partial charge is 0.0430 e. The molecule has 3 heteroatoms. The summed E-state index contributed by atoms with van der Waals surface area (Å²) in [6.07, 6.45) is 1.04. The van der Waals surface area contributed by atoms with Gasteiger partial charge < -0.3 is 10.2 Å². The SMILES string of the molecule is CNC1Cc2cc(Cl)ccc2N(Cc2ccccc2)C1. The van der Waals surface area contributed by atoms with E-state index < -0.39 is 0 Å². The number of benzene rings is 2. The summed E-state index contributed by atoms with van der Waals surface area (Å²) >= 11 is 6.14. The van der Waals surface area contributed by atoms with Gasteiger partial charge in [0.15, 0.2) is 0 Å². The molecular formula is C17H19ClN2. The van der Waals surface area contributed by atoms with E-state index in [-0.39, 0.29) is 0 Å². The Morgan fingerprint density at radius 1 is 1.20 bits per heavy atom. The summed E-state index contributed by atoms with van der Waals surface area (Å²) in [6, 6.07) is 17.3.